The molecule has 12 rings (SSSR count). The molecule has 3 heterocycles. The van der Waals surface area contributed by atoms with Gasteiger partial charge in [0.1, 0.15) is 0 Å². The summed E-state index contributed by atoms with van der Waals surface area (Å²) in [6, 6.07) is 71.7. The van der Waals surface area contributed by atoms with Crippen molar-refractivity contribution < 1.29 is 13.2 Å². The van der Waals surface area contributed by atoms with Gasteiger partial charge in [0.15, 0.2) is 5.82 Å². The molecule has 0 saturated carbocycles. The van der Waals surface area contributed by atoms with Crippen molar-refractivity contribution in [1.82, 2.24) is 19.1 Å². The van der Waals surface area contributed by atoms with E-state index in [0.717, 1.165) is 94.6 Å². The third kappa shape index (κ3) is 7.04. The summed E-state index contributed by atoms with van der Waals surface area (Å²) < 4.78 is 48.7. The molecule has 12 aromatic rings. The van der Waals surface area contributed by atoms with Crippen molar-refractivity contribution in [3.63, 3.8) is 0 Å². The van der Waals surface area contributed by atoms with Crippen molar-refractivity contribution in [2.45, 2.75) is 6.18 Å². The Labute approximate surface area is 399 Å². The van der Waals surface area contributed by atoms with Gasteiger partial charge < -0.3 is 9.13 Å². The van der Waals surface area contributed by atoms with Crippen molar-refractivity contribution in [2.24, 2.45) is 0 Å². The van der Waals surface area contributed by atoms with Crippen molar-refractivity contribution in [3.8, 4) is 79.7 Å². The Balaban J connectivity index is 1.10. The predicted molar refractivity (Wildman–Crippen MR) is 272 cm³/mol. The van der Waals surface area contributed by atoms with Crippen LogP contribution in [-0.2, 0) is 6.18 Å². The van der Waals surface area contributed by atoms with E-state index in [0.29, 0.717) is 11.5 Å². The van der Waals surface area contributed by atoms with Crippen molar-refractivity contribution >= 4 is 43.6 Å². The van der Waals surface area contributed by atoms with Crippen LogP contribution >= 0.6 is 0 Å². The van der Waals surface area contributed by atoms with Gasteiger partial charge in [-0.25, -0.2) is 9.97 Å². The first-order valence-electron chi connectivity index (χ1n) is 22.6. The molecule has 0 aliphatic rings. The first-order chi connectivity index (χ1) is 34.2. The molecule has 0 amide bonds. The normalized spacial score (nSPS) is 11.6. The summed E-state index contributed by atoms with van der Waals surface area (Å²) in [7, 11) is 0. The van der Waals surface area contributed by atoms with Crippen LogP contribution in [0.3, 0.4) is 0 Å². The number of halogens is 3. The predicted octanol–water partition coefficient (Wildman–Crippen LogP) is 15.8. The molecule has 0 N–H and O–H groups in total. The summed E-state index contributed by atoms with van der Waals surface area (Å²) >= 11 is 0. The summed E-state index contributed by atoms with van der Waals surface area (Å²) in [5, 5.41) is 23.6. The number of benzene rings is 9. The molecule has 0 atom stereocenters. The SMILES string of the molecule is N#Cc1ccc(-n2c3ccccc3c3cc(-c4ccc(-n5c6ccccc6c6ccccc65)c(-c5cc(-c6ccccc6)nc(-c6ccccc6)n5)c4)ccc32)c(-c2ccc(C#N)cc2C(F)(F)F)c1. The zero-order valence-corrected chi connectivity index (χ0v) is 37.0. The molecule has 330 valence electrons. The van der Waals surface area contributed by atoms with Crippen LogP contribution in [0.5, 0.6) is 0 Å². The lowest BCUT2D eigenvalue weighted by Crippen LogP contribution is -2.09. The molecule has 0 saturated heterocycles. The molecule has 0 spiro atoms. The number of hydrogen-bond donors (Lipinski definition) is 0. The first-order valence-corrected chi connectivity index (χ1v) is 22.6. The van der Waals surface area contributed by atoms with Gasteiger partial charge >= 0.3 is 6.18 Å². The van der Waals surface area contributed by atoms with E-state index in [2.05, 4.69) is 102 Å². The van der Waals surface area contributed by atoms with Crippen molar-refractivity contribution in [1.29, 1.82) is 10.5 Å². The maximum absolute atomic E-state index is 14.8. The summed E-state index contributed by atoms with van der Waals surface area (Å²) in [4.78, 5) is 10.5. The molecule has 0 radical (unpaired) electrons. The number of alkyl halides is 3. The lowest BCUT2D eigenvalue weighted by molar-refractivity contribution is -0.137. The van der Waals surface area contributed by atoms with E-state index in [1.165, 1.54) is 18.2 Å². The van der Waals surface area contributed by atoms with Gasteiger partial charge in [0, 0.05) is 43.8 Å². The molecular weight excluding hydrogens is 874 g/mol. The molecule has 0 aliphatic carbocycles. The molecule has 70 heavy (non-hydrogen) atoms. The second kappa shape index (κ2) is 16.6. The fourth-order valence-electron chi connectivity index (χ4n) is 9.87. The number of fused-ring (bicyclic) bond motifs is 6. The summed E-state index contributed by atoms with van der Waals surface area (Å²) in [5.41, 5.74) is 10.3. The van der Waals surface area contributed by atoms with Gasteiger partial charge in [0.25, 0.3) is 0 Å². The quantitative estimate of drug-likeness (QED) is 0.159. The van der Waals surface area contributed by atoms with Gasteiger partial charge in [0.2, 0.25) is 0 Å². The third-order valence-corrected chi connectivity index (χ3v) is 13.0. The average Bonchev–Trinajstić information content (AvgIpc) is 3.93. The Morgan fingerprint density at radius 3 is 1.49 bits per heavy atom. The zero-order chi connectivity index (χ0) is 47.5. The summed E-state index contributed by atoms with van der Waals surface area (Å²) in [5.74, 6) is 0.593. The fraction of sp³-hybridized carbons (Fsp3) is 0.0164. The van der Waals surface area contributed by atoms with Crippen LogP contribution in [0.2, 0.25) is 0 Å². The Kier molecular flexibility index (Phi) is 9.94. The number of para-hydroxylation sites is 3. The smallest absolute Gasteiger partial charge is 0.309 e. The Morgan fingerprint density at radius 1 is 0.371 bits per heavy atom. The second-order valence-corrected chi connectivity index (χ2v) is 17.1. The van der Waals surface area contributed by atoms with Gasteiger partial charge in [-0.1, -0.05) is 133 Å². The van der Waals surface area contributed by atoms with Gasteiger partial charge in [-0.05, 0) is 95.6 Å². The van der Waals surface area contributed by atoms with E-state index < -0.39 is 11.7 Å². The van der Waals surface area contributed by atoms with Crippen LogP contribution in [0, 0.1) is 22.7 Å². The molecule has 9 heteroatoms. The van der Waals surface area contributed by atoms with E-state index in [4.69, 9.17) is 9.97 Å². The highest BCUT2D eigenvalue weighted by Gasteiger charge is 2.35. The number of nitrogens with zero attached hydrogens (tertiary/aromatic N) is 6. The number of aromatic nitrogens is 4. The Hall–Kier alpha value is -9.57. The van der Waals surface area contributed by atoms with Crippen molar-refractivity contribution in [3.05, 3.63) is 229 Å². The van der Waals surface area contributed by atoms with Crippen LogP contribution in [0.15, 0.2) is 212 Å². The highest BCUT2D eigenvalue weighted by molar-refractivity contribution is 6.12. The maximum Gasteiger partial charge on any atom is 0.417 e. The highest BCUT2D eigenvalue weighted by Crippen LogP contribution is 2.44. The van der Waals surface area contributed by atoms with Crippen LogP contribution in [0.4, 0.5) is 13.2 Å². The lowest BCUT2D eigenvalue weighted by Gasteiger charge is -2.19. The molecule has 0 bridgehead atoms. The zero-order valence-electron chi connectivity index (χ0n) is 37.0. The molecule has 0 unspecified atom stereocenters. The molecule has 3 aromatic heterocycles. The minimum atomic E-state index is -4.77. The molecule has 6 nitrogen and oxygen atoms in total. The van der Waals surface area contributed by atoms with Crippen LogP contribution in [0.1, 0.15) is 16.7 Å². The number of rotatable bonds is 7. The van der Waals surface area contributed by atoms with Gasteiger partial charge in [0.05, 0.1) is 73.7 Å². The van der Waals surface area contributed by atoms with Crippen LogP contribution in [0.25, 0.3) is 111 Å². The van der Waals surface area contributed by atoms with E-state index in [1.807, 2.05) is 95.6 Å². The first kappa shape index (κ1) is 41.8. The average molecular weight is 909 g/mol. The highest BCUT2D eigenvalue weighted by atomic mass is 19.4. The van der Waals surface area contributed by atoms with E-state index in [1.54, 1.807) is 12.1 Å². The van der Waals surface area contributed by atoms with E-state index >= 15 is 0 Å². The minimum Gasteiger partial charge on any atom is -0.309 e. The Bertz CT molecular complexity index is 4030. The standard InChI is InChI=1S/C61H35F3N6/c62-61(63,64)51-32-39(37-66)23-27-44(51)48-31-38(36-65)24-28-57(48)70-56-22-12-9-19-47(56)49-33-42(25-29-58(49)70)43-26-30-59(69-54-20-10-7-17-45(54)46-18-8-11-21-55(46)69)50(34-43)53-35-52(40-13-3-1-4-14-40)67-60(68-53)41-15-5-2-6-16-41/h1-35H. The molecule has 9 aromatic carbocycles. The monoisotopic (exact) mass is 908 g/mol. The summed E-state index contributed by atoms with van der Waals surface area (Å²) in [6.07, 6.45) is -4.77. The number of hydrogen-bond acceptors (Lipinski definition) is 4. The van der Waals surface area contributed by atoms with Gasteiger partial charge in [-0.15, -0.1) is 0 Å². The minimum absolute atomic E-state index is 0.113. The molecular formula is C61H35F3N6. The van der Waals surface area contributed by atoms with Gasteiger partial charge in [-0.2, -0.15) is 23.7 Å². The largest absolute Gasteiger partial charge is 0.417 e. The Morgan fingerprint density at radius 2 is 0.857 bits per heavy atom. The fourth-order valence-corrected chi connectivity index (χ4v) is 9.87. The summed E-state index contributed by atoms with van der Waals surface area (Å²) in [6.45, 7) is 0. The van der Waals surface area contributed by atoms with Crippen molar-refractivity contribution in [2.75, 3.05) is 0 Å². The van der Waals surface area contributed by atoms with E-state index in [9.17, 15) is 23.7 Å². The van der Waals surface area contributed by atoms with Crippen LogP contribution in [-0.4, -0.2) is 19.1 Å². The maximum atomic E-state index is 14.8. The lowest BCUT2D eigenvalue weighted by atomic mass is 9.94. The number of nitriles is 2. The molecule has 0 fully saturated rings. The molecule has 0 aliphatic heterocycles. The third-order valence-electron chi connectivity index (χ3n) is 13.0. The van der Waals surface area contributed by atoms with Crippen LogP contribution < -0.4 is 0 Å². The van der Waals surface area contributed by atoms with Gasteiger partial charge in [-0.3, -0.25) is 0 Å². The van der Waals surface area contributed by atoms with E-state index in [-0.39, 0.29) is 22.3 Å². The topological polar surface area (TPSA) is 83.2 Å². The second-order valence-electron chi connectivity index (χ2n) is 17.1.